The summed E-state index contributed by atoms with van der Waals surface area (Å²) in [6, 6.07) is 0. The summed E-state index contributed by atoms with van der Waals surface area (Å²) in [6.07, 6.45) is 37.2. The van der Waals surface area contributed by atoms with Gasteiger partial charge in [-0.1, -0.05) is 160 Å². The number of phosphoric acid groups is 1. The molecule has 0 fully saturated rings. The van der Waals surface area contributed by atoms with E-state index in [2.05, 4.69) is 38.2 Å². The Bertz CT molecular complexity index is 941. The molecule has 3 unspecified atom stereocenters. The highest BCUT2D eigenvalue weighted by molar-refractivity contribution is 7.47. The molecule has 312 valence electrons. The van der Waals surface area contributed by atoms with Crippen LogP contribution < -0.4 is 0 Å². The van der Waals surface area contributed by atoms with Crippen molar-refractivity contribution in [2.75, 3.05) is 26.4 Å². The van der Waals surface area contributed by atoms with E-state index in [1.165, 1.54) is 103 Å². The summed E-state index contributed by atoms with van der Waals surface area (Å²) in [6.45, 7) is 2.18. The smallest absolute Gasteiger partial charge is 0.457 e. The zero-order chi connectivity index (χ0) is 39.1. The molecule has 0 aromatic carbocycles. The predicted octanol–water partition coefficient (Wildman–Crippen LogP) is 11.0. The zero-order valence-electron chi connectivity index (χ0n) is 33.7. The quantitative estimate of drug-likeness (QED) is 0.0238. The number of allylic oxidation sites excluding steroid dienone is 4. The first-order valence-corrected chi connectivity index (χ1v) is 22.8. The molecule has 0 aliphatic rings. The van der Waals surface area contributed by atoms with Crippen molar-refractivity contribution in [3.8, 4) is 0 Å². The van der Waals surface area contributed by atoms with Gasteiger partial charge in [-0.2, -0.15) is 0 Å². The summed E-state index contributed by atoms with van der Waals surface area (Å²) in [5.41, 5.74) is 0. The van der Waals surface area contributed by atoms with E-state index in [1.807, 2.05) is 0 Å². The van der Waals surface area contributed by atoms with Gasteiger partial charge in [0.25, 0.3) is 0 Å². The second kappa shape index (κ2) is 38.7. The lowest BCUT2D eigenvalue weighted by Crippen LogP contribution is -2.28. The Morgan fingerprint density at radius 3 is 1.19 bits per heavy atom. The molecule has 11 heteroatoms. The van der Waals surface area contributed by atoms with Crippen LogP contribution in [0.5, 0.6) is 0 Å². The van der Waals surface area contributed by atoms with Crippen molar-refractivity contribution < 1.29 is 47.8 Å². The van der Waals surface area contributed by atoms with Gasteiger partial charge in [0.05, 0.1) is 26.4 Å². The minimum atomic E-state index is -4.63. The summed E-state index contributed by atoms with van der Waals surface area (Å²) < 4.78 is 32.5. The molecule has 3 N–H and O–H groups in total. The standard InChI is InChI=1S/C42H79O10P/c1-3-5-7-9-11-13-15-17-18-19-20-21-22-24-26-28-30-32-34-42(46)52-40(36-44)38-50-53(47,48)49-37-39(35-43)51-41(45)33-31-29-27-25-23-16-14-12-10-8-6-4-2/h13,15,18-19,39-40,43-44H,3-12,14,16-17,20-38H2,1-2H3,(H,47,48)/b15-13-,19-18-. The Kier molecular flexibility index (Phi) is 37.6. The lowest BCUT2D eigenvalue weighted by molar-refractivity contribution is -0.153. The van der Waals surface area contributed by atoms with Gasteiger partial charge in [0.1, 0.15) is 12.2 Å². The van der Waals surface area contributed by atoms with Gasteiger partial charge < -0.3 is 24.6 Å². The van der Waals surface area contributed by atoms with Gasteiger partial charge in [-0.3, -0.25) is 18.6 Å². The second-order valence-corrected chi connectivity index (χ2v) is 15.8. The molecule has 0 radical (unpaired) electrons. The number of carbonyl (C=O) groups excluding carboxylic acids is 2. The van der Waals surface area contributed by atoms with E-state index < -0.39 is 58.4 Å². The number of esters is 2. The monoisotopic (exact) mass is 775 g/mol. The van der Waals surface area contributed by atoms with E-state index in [0.717, 1.165) is 51.4 Å². The fourth-order valence-electron chi connectivity index (χ4n) is 5.85. The summed E-state index contributed by atoms with van der Waals surface area (Å²) in [7, 11) is -4.63. The van der Waals surface area contributed by atoms with Crippen molar-refractivity contribution >= 4 is 19.8 Å². The maximum absolute atomic E-state index is 12.3. The lowest BCUT2D eigenvalue weighted by atomic mass is 10.0. The average Bonchev–Trinajstić information content (AvgIpc) is 3.14. The van der Waals surface area contributed by atoms with Crippen molar-refractivity contribution in [2.45, 2.75) is 206 Å². The summed E-state index contributed by atoms with van der Waals surface area (Å²) in [4.78, 5) is 34.4. The van der Waals surface area contributed by atoms with Crippen molar-refractivity contribution in [2.24, 2.45) is 0 Å². The molecule has 0 saturated carbocycles. The molecule has 10 nitrogen and oxygen atoms in total. The fraction of sp³-hybridized carbons (Fsp3) is 0.857. The van der Waals surface area contributed by atoms with Crippen LogP contribution in [-0.4, -0.2) is 65.7 Å². The minimum absolute atomic E-state index is 0.185. The van der Waals surface area contributed by atoms with Gasteiger partial charge in [0.2, 0.25) is 0 Å². The third kappa shape index (κ3) is 37.2. The SMILES string of the molecule is CCCCCC/C=C\C/C=C\CCCCCCCCCC(=O)OC(CO)COP(=O)(O)OCC(CO)OC(=O)CCCCCCCCCCCCCC. The Morgan fingerprint density at radius 1 is 0.509 bits per heavy atom. The van der Waals surface area contributed by atoms with Crippen LogP contribution in [0.2, 0.25) is 0 Å². The fourth-order valence-corrected chi connectivity index (χ4v) is 6.63. The van der Waals surface area contributed by atoms with Gasteiger partial charge in [-0.25, -0.2) is 4.57 Å². The molecule has 3 atom stereocenters. The third-order valence-electron chi connectivity index (χ3n) is 9.17. The first kappa shape index (κ1) is 51.5. The maximum Gasteiger partial charge on any atom is 0.472 e. The van der Waals surface area contributed by atoms with Crippen LogP contribution in [0, 0.1) is 0 Å². The van der Waals surface area contributed by atoms with Crippen LogP contribution in [0.25, 0.3) is 0 Å². The molecule has 0 heterocycles. The van der Waals surface area contributed by atoms with E-state index in [1.54, 1.807) is 0 Å². The molecule has 0 aromatic rings. The number of rotatable bonds is 40. The van der Waals surface area contributed by atoms with Crippen molar-refractivity contribution in [3.05, 3.63) is 24.3 Å². The first-order chi connectivity index (χ1) is 25.8. The Morgan fingerprint density at radius 2 is 0.830 bits per heavy atom. The van der Waals surface area contributed by atoms with Crippen LogP contribution in [0.3, 0.4) is 0 Å². The van der Waals surface area contributed by atoms with Gasteiger partial charge in [-0.15, -0.1) is 0 Å². The zero-order valence-corrected chi connectivity index (χ0v) is 34.6. The number of aliphatic hydroxyl groups excluding tert-OH is 2. The Labute approximate surface area is 323 Å². The number of hydrogen-bond donors (Lipinski definition) is 3. The van der Waals surface area contributed by atoms with E-state index in [4.69, 9.17) is 18.5 Å². The number of aliphatic hydroxyl groups is 2. The van der Waals surface area contributed by atoms with Crippen LogP contribution in [0.15, 0.2) is 24.3 Å². The number of hydrogen-bond acceptors (Lipinski definition) is 9. The summed E-state index contributed by atoms with van der Waals surface area (Å²) >= 11 is 0. The Hall–Kier alpha value is -1.55. The highest BCUT2D eigenvalue weighted by atomic mass is 31.2. The van der Waals surface area contributed by atoms with Crippen LogP contribution >= 0.6 is 7.82 Å². The molecule has 0 aliphatic heterocycles. The highest BCUT2D eigenvalue weighted by Gasteiger charge is 2.27. The largest absolute Gasteiger partial charge is 0.472 e. The topological polar surface area (TPSA) is 149 Å². The third-order valence-corrected chi connectivity index (χ3v) is 10.1. The molecule has 0 aliphatic carbocycles. The highest BCUT2D eigenvalue weighted by Crippen LogP contribution is 2.43. The van der Waals surface area contributed by atoms with Crippen molar-refractivity contribution in [1.29, 1.82) is 0 Å². The maximum atomic E-state index is 12.3. The van der Waals surface area contributed by atoms with E-state index >= 15 is 0 Å². The molecule has 0 amide bonds. The normalized spacial score (nSPS) is 14.1. The minimum Gasteiger partial charge on any atom is -0.457 e. The molecular formula is C42H79O10P. The van der Waals surface area contributed by atoms with Gasteiger partial charge in [0, 0.05) is 12.8 Å². The first-order valence-electron chi connectivity index (χ1n) is 21.3. The van der Waals surface area contributed by atoms with Crippen molar-refractivity contribution in [3.63, 3.8) is 0 Å². The van der Waals surface area contributed by atoms with E-state index in [-0.39, 0.29) is 12.8 Å². The Balaban J connectivity index is 3.93. The average molecular weight is 775 g/mol. The number of unbranched alkanes of at least 4 members (excludes halogenated alkanes) is 22. The van der Waals surface area contributed by atoms with Crippen LogP contribution in [0.4, 0.5) is 0 Å². The molecule has 0 spiro atoms. The van der Waals surface area contributed by atoms with Crippen LogP contribution in [0.1, 0.15) is 194 Å². The molecule has 0 aromatic heterocycles. The van der Waals surface area contributed by atoms with Gasteiger partial charge in [-0.05, 0) is 44.9 Å². The molecule has 53 heavy (non-hydrogen) atoms. The van der Waals surface area contributed by atoms with Crippen molar-refractivity contribution in [1.82, 2.24) is 0 Å². The van der Waals surface area contributed by atoms with Gasteiger partial charge >= 0.3 is 19.8 Å². The lowest BCUT2D eigenvalue weighted by Gasteiger charge is -2.20. The molecule has 0 saturated heterocycles. The second-order valence-electron chi connectivity index (χ2n) is 14.3. The number of carbonyl (C=O) groups is 2. The predicted molar refractivity (Wildman–Crippen MR) is 215 cm³/mol. The van der Waals surface area contributed by atoms with Gasteiger partial charge in [0.15, 0.2) is 0 Å². The number of ether oxygens (including phenoxy) is 2. The van der Waals surface area contributed by atoms with E-state index in [9.17, 15) is 29.3 Å². The summed E-state index contributed by atoms with van der Waals surface area (Å²) in [5.74, 6) is -1.02. The number of phosphoric ester groups is 1. The summed E-state index contributed by atoms with van der Waals surface area (Å²) in [5, 5.41) is 19.1. The van der Waals surface area contributed by atoms with Crippen LogP contribution in [-0.2, 0) is 32.7 Å². The molecular weight excluding hydrogens is 695 g/mol. The van der Waals surface area contributed by atoms with E-state index in [0.29, 0.717) is 12.8 Å². The molecule has 0 bridgehead atoms. The molecule has 0 rings (SSSR count).